The van der Waals surface area contributed by atoms with Crippen molar-refractivity contribution in [2.45, 2.75) is 13.2 Å². The molecule has 0 aliphatic carbocycles. The first-order valence-corrected chi connectivity index (χ1v) is 8.83. The van der Waals surface area contributed by atoms with Crippen LogP contribution < -0.4 is 20.1 Å². The van der Waals surface area contributed by atoms with Gasteiger partial charge in [0.2, 0.25) is 0 Å². The highest BCUT2D eigenvalue weighted by molar-refractivity contribution is 5.75. The Morgan fingerprint density at radius 2 is 1.04 bits per heavy atom. The fourth-order valence-electron chi connectivity index (χ4n) is 2.22. The number of hydrogen-bond donors (Lipinski definition) is 4. The van der Waals surface area contributed by atoms with E-state index in [1.54, 1.807) is 48.5 Å². The summed E-state index contributed by atoms with van der Waals surface area (Å²) in [5, 5.41) is 23.8. The Morgan fingerprint density at radius 1 is 0.679 bits per heavy atom. The van der Waals surface area contributed by atoms with Gasteiger partial charge in [-0.3, -0.25) is 9.59 Å². The van der Waals surface area contributed by atoms with Crippen molar-refractivity contribution < 1.29 is 29.3 Å². The maximum absolute atomic E-state index is 11.7. The van der Waals surface area contributed by atoms with Crippen molar-refractivity contribution in [1.29, 1.82) is 0 Å². The molecule has 0 unspecified atom stereocenters. The molecule has 0 aliphatic heterocycles. The molecule has 0 fully saturated rings. The van der Waals surface area contributed by atoms with Crippen LogP contribution in [0.4, 0.5) is 0 Å². The third-order valence-electron chi connectivity index (χ3n) is 3.69. The van der Waals surface area contributed by atoms with Gasteiger partial charge in [0.1, 0.15) is 11.5 Å². The average molecular weight is 388 g/mol. The van der Waals surface area contributed by atoms with Gasteiger partial charge in [-0.1, -0.05) is 24.3 Å². The summed E-state index contributed by atoms with van der Waals surface area (Å²) in [6.07, 6.45) is 0. The number of hydrogen-bond acceptors (Lipinski definition) is 8. The van der Waals surface area contributed by atoms with Gasteiger partial charge in [0.05, 0.1) is 26.3 Å². The maximum Gasteiger partial charge on any atom is 0.325 e. The highest BCUT2D eigenvalue weighted by Crippen LogP contribution is 2.12. The monoisotopic (exact) mass is 388 g/mol. The summed E-state index contributed by atoms with van der Waals surface area (Å²) < 4.78 is 10.3. The van der Waals surface area contributed by atoms with Crippen LogP contribution in [0.3, 0.4) is 0 Å². The second-order valence-electron chi connectivity index (χ2n) is 5.91. The van der Waals surface area contributed by atoms with Crippen LogP contribution in [0.15, 0.2) is 48.5 Å². The molecule has 2 aromatic carbocycles. The normalized spacial score (nSPS) is 10.5. The summed E-state index contributed by atoms with van der Waals surface area (Å²) in [6.45, 7) is 0.878. The number of nitrogens with one attached hydrogen (secondary N) is 2. The van der Waals surface area contributed by atoms with Crippen molar-refractivity contribution in [1.82, 2.24) is 10.6 Å². The predicted octanol–water partition coefficient (Wildman–Crippen LogP) is 0.361. The fraction of sp³-hybridized carbons (Fsp3) is 0.300. The molecule has 150 valence electrons. The van der Waals surface area contributed by atoms with E-state index in [4.69, 9.17) is 19.7 Å². The van der Waals surface area contributed by atoms with Crippen LogP contribution in [0.2, 0.25) is 0 Å². The molecule has 4 N–H and O–H groups in total. The Balaban J connectivity index is 1.54. The molecule has 2 rings (SSSR count). The predicted molar refractivity (Wildman–Crippen MR) is 102 cm³/mol. The fourth-order valence-corrected chi connectivity index (χ4v) is 2.22. The van der Waals surface area contributed by atoms with Crippen molar-refractivity contribution in [2.24, 2.45) is 0 Å². The van der Waals surface area contributed by atoms with Crippen molar-refractivity contribution in [3.05, 3.63) is 59.7 Å². The molecule has 0 aromatic heterocycles. The second-order valence-corrected chi connectivity index (χ2v) is 5.91. The lowest BCUT2D eigenvalue weighted by atomic mass is 10.2. The van der Waals surface area contributed by atoms with E-state index in [1.165, 1.54) is 0 Å². The van der Waals surface area contributed by atoms with Gasteiger partial charge in [0.15, 0.2) is 0 Å². The molecule has 0 aliphatic rings. The summed E-state index contributed by atoms with van der Waals surface area (Å²) in [5.74, 6) is -0.0289. The third kappa shape index (κ3) is 7.85. The Kier molecular flexibility index (Phi) is 9.09. The number of carbonyl (C=O) groups excluding carboxylic acids is 2. The first-order valence-electron chi connectivity index (χ1n) is 8.83. The summed E-state index contributed by atoms with van der Waals surface area (Å²) >= 11 is 0. The number of aliphatic hydroxyl groups excluding tert-OH is 2. The summed E-state index contributed by atoms with van der Waals surface area (Å²) in [7, 11) is 0. The van der Waals surface area contributed by atoms with Crippen LogP contribution in [0.5, 0.6) is 11.5 Å². The lowest BCUT2D eigenvalue weighted by molar-refractivity contribution is -0.134. The van der Waals surface area contributed by atoms with E-state index in [2.05, 4.69) is 10.6 Å². The van der Waals surface area contributed by atoms with E-state index >= 15 is 0 Å². The molecule has 0 atom stereocenters. The number of benzene rings is 2. The SMILES string of the molecule is O=C(CNCCNCC(=O)Oc1ccc(CO)cc1)Oc1ccc(CO)cc1. The topological polar surface area (TPSA) is 117 Å². The number of carbonyl (C=O) groups is 2. The summed E-state index contributed by atoms with van der Waals surface area (Å²) in [5.41, 5.74) is 1.48. The van der Waals surface area contributed by atoms with Crippen LogP contribution in [-0.2, 0) is 22.8 Å². The van der Waals surface area contributed by atoms with Gasteiger partial charge in [-0.05, 0) is 35.4 Å². The van der Waals surface area contributed by atoms with Crippen LogP contribution >= 0.6 is 0 Å². The number of rotatable bonds is 11. The Hall–Kier alpha value is -2.78. The molecule has 2 aromatic rings. The zero-order chi connectivity index (χ0) is 20.2. The standard InChI is InChI=1S/C20H24N2O6/c23-13-15-1-5-17(6-2-15)27-19(25)11-21-9-10-22-12-20(26)28-18-7-3-16(14-24)4-8-18/h1-8,21-24H,9-14H2. The minimum Gasteiger partial charge on any atom is -0.426 e. The van der Waals surface area contributed by atoms with E-state index in [0.717, 1.165) is 11.1 Å². The number of ether oxygens (including phenoxy) is 2. The Bertz CT molecular complexity index is 681. The molecule has 8 nitrogen and oxygen atoms in total. The average Bonchev–Trinajstić information content (AvgIpc) is 2.71. The molecule has 0 spiro atoms. The third-order valence-corrected chi connectivity index (χ3v) is 3.69. The van der Waals surface area contributed by atoms with Gasteiger partial charge < -0.3 is 30.3 Å². The summed E-state index contributed by atoms with van der Waals surface area (Å²) in [6, 6.07) is 13.2. The quantitative estimate of drug-likeness (QED) is 0.248. The van der Waals surface area contributed by atoms with Crippen molar-refractivity contribution in [2.75, 3.05) is 26.2 Å². The van der Waals surface area contributed by atoms with E-state index in [0.29, 0.717) is 24.6 Å². The minimum absolute atomic E-state index is 0.0328. The highest BCUT2D eigenvalue weighted by atomic mass is 16.5. The van der Waals surface area contributed by atoms with E-state index < -0.39 is 11.9 Å². The van der Waals surface area contributed by atoms with Crippen molar-refractivity contribution in [3.63, 3.8) is 0 Å². The van der Waals surface area contributed by atoms with Crippen molar-refractivity contribution >= 4 is 11.9 Å². The van der Waals surface area contributed by atoms with Gasteiger partial charge >= 0.3 is 11.9 Å². The van der Waals surface area contributed by atoms with E-state index in [9.17, 15) is 9.59 Å². The molecule has 0 saturated heterocycles. The highest BCUT2D eigenvalue weighted by Gasteiger charge is 2.06. The molecule has 28 heavy (non-hydrogen) atoms. The summed E-state index contributed by atoms with van der Waals surface area (Å²) in [4.78, 5) is 23.4. The molecule has 0 saturated carbocycles. The molecule has 0 bridgehead atoms. The molecular formula is C20H24N2O6. The second kappa shape index (κ2) is 11.8. The van der Waals surface area contributed by atoms with Gasteiger partial charge in [-0.25, -0.2) is 0 Å². The molecular weight excluding hydrogens is 364 g/mol. The van der Waals surface area contributed by atoms with Gasteiger partial charge in [0.25, 0.3) is 0 Å². The maximum atomic E-state index is 11.7. The van der Waals surface area contributed by atoms with Crippen LogP contribution in [-0.4, -0.2) is 48.3 Å². The number of esters is 2. The van der Waals surface area contributed by atoms with Crippen LogP contribution in [0.25, 0.3) is 0 Å². The van der Waals surface area contributed by atoms with Crippen molar-refractivity contribution in [3.8, 4) is 11.5 Å². The first-order chi connectivity index (χ1) is 13.6. The minimum atomic E-state index is -0.428. The Morgan fingerprint density at radius 3 is 1.36 bits per heavy atom. The van der Waals surface area contributed by atoms with Crippen LogP contribution in [0, 0.1) is 0 Å². The lowest BCUT2D eigenvalue weighted by Gasteiger charge is -2.08. The smallest absolute Gasteiger partial charge is 0.325 e. The first kappa shape index (κ1) is 21.5. The van der Waals surface area contributed by atoms with Gasteiger partial charge in [-0.15, -0.1) is 0 Å². The number of aliphatic hydroxyl groups is 2. The lowest BCUT2D eigenvalue weighted by Crippen LogP contribution is -2.35. The van der Waals surface area contributed by atoms with Gasteiger partial charge in [-0.2, -0.15) is 0 Å². The Labute approximate surface area is 163 Å². The molecule has 0 radical (unpaired) electrons. The van der Waals surface area contributed by atoms with E-state index in [-0.39, 0.29) is 26.3 Å². The molecule has 8 heteroatoms. The zero-order valence-corrected chi connectivity index (χ0v) is 15.4. The van der Waals surface area contributed by atoms with E-state index in [1.807, 2.05) is 0 Å². The molecule has 0 heterocycles. The van der Waals surface area contributed by atoms with Gasteiger partial charge in [0, 0.05) is 13.1 Å². The zero-order valence-electron chi connectivity index (χ0n) is 15.4. The van der Waals surface area contributed by atoms with Crippen LogP contribution in [0.1, 0.15) is 11.1 Å². The molecule has 0 amide bonds. The largest absolute Gasteiger partial charge is 0.426 e.